The minimum atomic E-state index is -4.94. The van der Waals surface area contributed by atoms with Crippen molar-refractivity contribution in [3.8, 4) is 0 Å². The van der Waals surface area contributed by atoms with Crippen LogP contribution < -0.4 is 4.90 Å². The third-order valence-corrected chi connectivity index (χ3v) is 14.7. The maximum Gasteiger partial charge on any atom is 0.303 e. The zero-order valence-electron chi connectivity index (χ0n) is 36.5. The number of unbranched alkanes of at least 4 members (excludes halogenated alkanes) is 2. The van der Waals surface area contributed by atoms with Crippen LogP contribution in [0, 0.1) is 0 Å². The van der Waals surface area contributed by atoms with Crippen molar-refractivity contribution in [2.24, 2.45) is 0 Å². The highest BCUT2D eigenvalue weighted by Crippen LogP contribution is 2.51. The SMILES string of the molecule is COCCOCCOCCC1(C)C(/C=C/C=C/C=C2/N(CCCS(=O)(=O)O)c3ccc(S(=O)(=O)[O-])cc3C2(C)CCCS(=O)(=O)O)=[N+](CCCCCC(=O)O)c2ccc(S(=O)(=O)O)cc21. The highest BCUT2D eigenvalue weighted by atomic mass is 32.2. The summed E-state index contributed by atoms with van der Waals surface area (Å²) < 4.78 is 156. The molecule has 2 aliphatic rings. The van der Waals surface area contributed by atoms with E-state index < -0.39 is 73.7 Å². The van der Waals surface area contributed by atoms with Gasteiger partial charge in [-0.2, -0.15) is 29.8 Å². The summed E-state index contributed by atoms with van der Waals surface area (Å²) in [6, 6.07) is 8.06. The van der Waals surface area contributed by atoms with Crippen LogP contribution in [0.3, 0.4) is 0 Å². The molecule has 2 unspecified atom stereocenters. The van der Waals surface area contributed by atoms with Crippen molar-refractivity contribution in [1.82, 2.24) is 0 Å². The van der Waals surface area contributed by atoms with Crippen LogP contribution in [0.2, 0.25) is 0 Å². The third kappa shape index (κ3) is 15.1. The van der Waals surface area contributed by atoms with Crippen molar-refractivity contribution in [1.29, 1.82) is 0 Å². The summed E-state index contributed by atoms with van der Waals surface area (Å²) >= 11 is 0. The first-order valence-corrected chi connectivity index (χ1v) is 26.9. The van der Waals surface area contributed by atoms with E-state index in [9.17, 15) is 61.8 Å². The molecule has 23 heteroatoms. The quantitative estimate of drug-likeness (QED) is 0.0391. The lowest BCUT2D eigenvalue weighted by Gasteiger charge is -2.30. The van der Waals surface area contributed by atoms with Gasteiger partial charge in [0.1, 0.15) is 16.7 Å². The molecule has 0 bridgehead atoms. The molecule has 0 aliphatic carbocycles. The van der Waals surface area contributed by atoms with Gasteiger partial charge in [-0.05, 0) is 94.3 Å². The Kier molecular flexibility index (Phi) is 18.8. The number of rotatable bonds is 28. The van der Waals surface area contributed by atoms with Gasteiger partial charge in [0.2, 0.25) is 5.69 Å². The van der Waals surface area contributed by atoms with Crippen LogP contribution in [-0.4, -0.2) is 138 Å². The Hall–Kier alpha value is -3.88. The average molecular weight is 991 g/mol. The standard InChI is InChI=1S/C42H58N2O17S4/c1-41(19-10-28-62(47,48)49)34-30-32(64(53,54)55)15-17-36(34)44(22-11-29-63(50,51)52)38(41)12-6-4-7-13-39-42(2,20-23-60-26-27-61-25-24-59-3)35-31-33(65(56,57)58)16-18-37(35)43(39)21-9-5-8-14-40(45)46/h4,6-7,12-13,15-18,30-31H,5,8-11,14,19-29H2,1-3H3,(H4-,45,46,47,48,49,50,51,52,53,54,55,56,57,58). The molecule has 362 valence electrons. The van der Waals surface area contributed by atoms with Crippen LogP contribution in [0.15, 0.2) is 82.3 Å². The number of methoxy groups -OCH3 is 1. The Labute approximate surface area is 381 Å². The van der Waals surface area contributed by atoms with E-state index in [0.717, 1.165) is 11.8 Å². The second-order valence-corrected chi connectivity index (χ2v) is 22.1. The van der Waals surface area contributed by atoms with Crippen LogP contribution in [-0.2, 0) is 70.3 Å². The second kappa shape index (κ2) is 22.7. The fraction of sp³-hybridized carbons (Fsp3) is 0.524. The third-order valence-electron chi connectivity index (χ3n) is 11.4. The van der Waals surface area contributed by atoms with Crippen molar-refractivity contribution < 1.29 is 80.6 Å². The van der Waals surface area contributed by atoms with E-state index in [4.69, 9.17) is 14.2 Å². The Morgan fingerprint density at radius 3 is 2.00 bits per heavy atom. The highest BCUT2D eigenvalue weighted by Gasteiger charge is 2.48. The van der Waals surface area contributed by atoms with Crippen molar-refractivity contribution >= 4 is 63.5 Å². The summed E-state index contributed by atoms with van der Waals surface area (Å²) in [5.41, 5.74) is 1.18. The van der Waals surface area contributed by atoms with E-state index in [0.29, 0.717) is 80.2 Å². The minimum absolute atomic E-state index is 0.00251. The summed E-state index contributed by atoms with van der Waals surface area (Å²) in [4.78, 5) is 12.1. The predicted molar refractivity (Wildman–Crippen MR) is 240 cm³/mol. The van der Waals surface area contributed by atoms with Gasteiger partial charge >= 0.3 is 5.97 Å². The number of hydrogen-bond acceptors (Lipinski definition) is 14. The lowest BCUT2D eigenvalue weighted by molar-refractivity contribution is -0.438. The van der Waals surface area contributed by atoms with Gasteiger partial charge in [0.05, 0.1) is 53.1 Å². The van der Waals surface area contributed by atoms with Gasteiger partial charge in [-0.25, -0.2) is 8.42 Å². The number of nitrogens with zero attached hydrogens (tertiary/aromatic N) is 2. The number of carboxylic acid groups (broad SMARTS) is 1. The molecule has 0 spiro atoms. The number of benzene rings is 2. The molecule has 0 saturated heterocycles. The Morgan fingerprint density at radius 1 is 0.738 bits per heavy atom. The summed E-state index contributed by atoms with van der Waals surface area (Å²) in [7, 11) is -16.8. The largest absolute Gasteiger partial charge is 0.744 e. The van der Waals surface area contributed by atoms with Crippen LogP contribution in [0.1, 0.15) is 76.3 Å². The zero-order valence-corrected chi connectivity index (χ0v) is 39.8. The lowest BCUT2D eigenvalue weighted by atomic mass is 9.76. The molecule has 2 heterocycles. The molecule has 2 atom stereocenters. The van der Waals surface area contributed by atoms with Crippen molar-refractivity contribution in [2.45, 2.75) is 85.8 Å². The van der Waals surface area contributed by atoms with Crippen LogP contribution >= 0.6 is 0 Å². The number of carboxylic acids is 1. The lowest BCUT2D eigenvalue weighted by Crippen LogP contribution is -2.33. The fourth-order valence-corrected chi connectivity index (χ4v) is 10.2. The number of hydrogen-bond donors (Lipinski definition) is 4. The predicted octanol–water partition coefficient (Wildman–Crippen LogP) is 4.63. The van der Waals surface area contributed by atoms with Crippen LogP contribution in [0.25, 0.3) is 0 Å². The van der Waals surface area contributed by atoms with Gasteiger partial charge in [0.15, 0.2) is 5.71 Å². The fourth-order valence-electron chi connectivity index (χ4n) is 8.22. The number of ether oxygens (including phenoxy) is 3. The number of aliphatic carboxylic acids is 1. The summed E-state index contributed by atoms with van der Waals surface area (Å²) in [6.07, 6.45) is 10.4. The van der Waals surface area contributed by atoms with Gasteiger partial charge in [0, 0.05) is 67.6 Å². The molecule has 2 aromatic rings. The average Bonchev–Trinajstić information content (AvgIpc) is 3.56. The minimum Gasteiger partial charge on any atom is -0.744 e. The van der Waals surface area contributed by atoms with Gasteiger partial charge in [-0.3, -0.25) is 18.5 Å². The molecular formula is C42H58N2O17S4. The maximum absolute atomic E-state index is 12.4. The number of anilines is 1. The van der Waals surface area contributed by atoms with E-state index in [-0.39, 0.29) is 50.3 Å². The number of carbonyl (C=O) groups is 1. The molecule has 65 heavy (non-hydrogen) atoms. The first-order valence-electron chi connectivity index (χ1n) is 20.8. The Balaban J connectivity index is 1.80. The Morgan fingerprint density at radius 2 is 1.37 bits per heavy atom. The first-order chi connectivity index (χ1) is 30.3. The molecule has 0 fully saturated rings. The molecule has 4 rings (SSSR count). The molecule has 0 amide bonds. The van der Waals surface area contributed by atoms with E-state index in [2.05, 4.69) is 0 Å². The van der Waals surface area contributed by atoms with Gasteiger partial charge < -0.3 is 28.8 Å². The molecule has 4 N–H and O–H groups in total. The van der Waals surface area contributed by atoms with Crippen LogP contribution in [0.4, 0.5) is 11.4 Å². The monoisotopic (exact) mass is 990 g/mol. The van der Waals surface area contributed by atoms with Gasteiger partial charge in [-0.15, -0.1) is 0 Å². The van der Waals surface area contributed by atoms with Crippen LogP contribution in [0.5, 0.6) is 0 Å². The topological polar surface area (TPSA) is 292 Å². The van der Waals surface area contributed by atoms with E-state index >= 15 is 0 Å². The van der Waals surface area contributed by atoms with Crippen molar-refractivity contribution in [2.75, 3.05) is 69.6 Å². The van der Waals surface area contributed by atoms with Gasteiger partial charge in [-0.1, -0.05) is 18.2 Å². The van der Waals surface area contributed by atoms with Crippen molar-refractivity contribution in [3.05, 3.63) is 83.6 Å². The highest BCUT2D eigenvalue weighted by molar-refractivity contribution is 7.86. The maximum atomic E-state index is 12.4. The van der Waals surface area contributed by atoms with Crippen molar-refractivity contribution in [3.63, 3.8) is 0 Å². The smallest absolute Gasteiger partial charge is 0.303 e. The molecule has 19 nitrogen and oxygen atoms in total. The first kappa shape index (κ1) is 53.7. The molecule has 0 aromatic heterocycles. The normalized spacial score (nSPS) is 19.9. The zero-order chi connectivity index (χ0) is 48.3. The molecule has 2 aromatic carbocycles. The molecular weight excluding hydrogens is 933 g/mol. The number of allylic oxidation sites excluding steroid dienone is 6. The molecule has 0 saturated carbocycles. The van der Waals surface area contributed by atoms with Gasteiger partial charge in [0.25, 0.3) is 30.4 Å². The molecule has 2 aliphatic heterocycles. The van der Waals surface area contributed by atoms with E-state index in [1.165, 1.54) is 24.3 Å². The summed E-state index contributed by atoms with van der Waals surface area (Å²) in [5, 5.41) is 9.18. The Bertz CT molecular complexity index is 2610. The number of fused-ring (bicyclic) bond motifs is 2. The summed E-state index contributed by atoms with van der Waals surface area (Å²) in [6.45, 7) is 5.66. The second-order valence-electron chi connectivity index (χ2n) is 16.1. The van der Waals surface area contributed by atoms with E-state index in [1.54, 1.807) is 49.3 Å². The summed E-state index contributed by atoms with van der Waals surface area (Å²) in [5.74, 6) is -2.14. The molecule has 0 radical (unpaired) electrons. The van der Waals surface area contributed by atoms with E-state index in [1.807, 2.05) is 17.6 Å².